The molecule has 0 aliphatic rings. The molecule has 1 aromatic rings. The zero-order valence-electron chi connectivity index (χ0n) is 9.24. The average Bonchev–Trinajstić information content (AvgIpc) is 2.73. The Balaban J connectivity index is 2.68. The number of hydrogen-bond donors (Lipinski definition) is 2. The number of rotatable bonds is 7. The molecule has 4 nitrogen and oxygen atoms in total. The van der Waals surface area contributed by atoms with E-state index in [2.05, 4.69) is 5.32 Å². The molecular formula is C9H14F2N2O2S2. The topological polar surface area (TPSA) is 58.2 Å². The van der Waals surface area contributed by atoms with Crippen molar-refractivity contribution in [2.24, 2.45) is 0 Å². The molecule has 0 unspecified atom stereocenters. The van der Waals surface area contributed by atoms with E-state index in [9.17, 15) is 17.2 Å². The van der Waals surface area contributed by atoms with Gasteiger partial charge in [-0.05, 0) is 12.6 Å². The minimum absolute atomic E-state index is 0.0380. The summed E-state index contributed by atoms with van der Waals surface area (Å²) in [7, 11) is -3.81. The van der Waals surface area contributed by atoms with Crippen molar-refractivity contribution in [1.82, 2.24) is 10.0 Å². The fourth-order valence-corrected chi connectivity index (χ4v) is 3.35. The Kier molecular flexibility index (Phi) is 5.44. The van der Waals surface area contributed by atoms with Gasteiger partial charge in [0.2, 0.25) is 10.0 Å². The van der Waals surface area contributed by atoms with Crippen molar-refractivity contribution in [1.29, 1.82) is 0 Å². The number of thiophene rings is 1. The fourth-order valence-electron chi connectivity index (χ4n) is 1.10. The van der Waals surface area contributed by atoms with Crippen molar-refractivity contribution in [2.45, 2.75) is 24.8 Å². The molecule has 0 aliphatic carbocycles. The summed E-state index contributed by atoms with van der Waals surface area (Å²) in [4.78, 5) is 0.889. The second kappa shape index (κ2) is 6.39. The van der Waals surface area contributed by atoms with E-state index >= 15 is 0 Å². The van der Waals surface area contributed by atoms with E-state index in [1.165, 1.54) is 22.8 Å². The summed E-state index contributed by atoms with van der Waals surface area (Å²) >= 11 is 1.28. The van der Waals surface area contributed by atoms with Crippen LogP contribution in [0.15, 0.2) is 16.3 Å². The lowest BCUT2D eigenvalue weighted by atomic mass is 10.4. The predicted molar refractivity (Wildman–Crippen MR) is 62.9 cm³/mol. The standard InChI is InChI=1S/C9H14F2N2O2S2/c1-2-12-4-7-3-8(6-16-7)17(14,15)13-5-9(10)11/h3,6,9,12-13H,2,4-5H2,1H3. The quantitative estimate of drug-likeness (QED) is 0.796. The van der Waals surface area contributed by atoms with Crippen LogP contribution in [0.1, 0.15) is 11.8 Å². The molecule has 1 rings (SSSR count). The largest absolute Gasteiger partial charge is 0.312 e. The minimum atomic E-state index is -3.81. The first-order valence-electron chi connectivity index (χ1n) is 5.01. The van der Waals surface area contributed by atoms with Gasteiger partial charge >= 0.3 is 0 Å². The lowest BCUT2D eigenvalue weighted by molar-refractivity contribution is 0.153. The predicted octanol–water partition coefficient (Wildman–Crippen LogP) is 1.40. The highest BCUT2D eigenvalue weighted by molar-refractivity contribution is 7.89. The SMILES string of the molecule is CCNCc1cc(S(=O)(=O)NCC(F)F)cs1. The van der Waals surface area contributed by atoms with Gasteiger partial charge in [0.25, 0.3) is 6.43 Å². The lowest BCUT2D eigenvalue weighted by Crippen LogP contribution is -2.28. The summed E-state index contributed by atoms with van der Waals surface area (Å²) < 4.78 is 48.8. The van der Waals surface area contributed by atoms with Crippen molar-refractivity contribution in [3.8, 4) is 0 Å². The van der Waals surface area contributed by atoms with Gasteiger partial charge in [0.1, 0.15) is 0 Å². The Morgan fingerprint density at radius 2 is 2.18 bits per heavy atom. The van der Waals surface area contributed by atoms with Gasteiger partial charge in [0.05, 0.1) is 11.4 Å². The number of halogens is 2. The lowest BCUT2D eigenvalue weighted by Gasteiger charge is -2.03. The van der Waals surface area contributed by atoms with Crippen molar-refractivity contribution in [2.75, 3.05) is 13.1 Å². The maximum Gasteiger partial charge on any atom is 0.251 e. The van der Waals surface area contributed by atoms with Crippen LogP contribution >= 0.6 is 11.3 Å². The molecule has 2 N–H and O–H groups in total. The van der Waals surface area contributed by atoms with E-state index < -0.39 is 23.0 Å². The Hall–Kier alpha value is -0.570. The van der Waals surface area contributed by atoms with E-state index in [0.29, 0.717) is 6.54 Å². The highest BCUT2D eigenvalue weighted by Gasteiger charge is 2.17. The number of hydrogen-bond acceptors (Lipinski definition) is 4. The maximum absolute atomic E-state index is 11.9. The molecule has 0 saturated carbocycles. The first kappa shape index (κ1) is 14.5. The Morgan fingerprint density at radius 1 is 1.47 bits per heavy atom. The summed E-state index contributed by atoms with van der Waals surface area (Å²) in [5.74, 6) is 0. The third-order valence-electron chi connectivity index (χ3n) is 1.92. The Labute approximate surface area is 103 Å². The van der Waals surface area contributed by atoms with E-state index in [1.54, 1.807) is 0 Å². The van der Waals surface area contributed by atoms with Crippen LogP contribution in [0.4, 0.5) is 8.78 Å². The molecule has 1 aromatic heterocycles. The van der Waals surface area contributed by atoms with Crippen LogP contribution in [0.2, 0.25) is 0 Å². The maximum atomic E-state index is 11.9. The Bertz CT molecular complexity index is 446. The third-order valence-corrected chi connectivity index (χ3v) is 4.41. The second-order valence-electron chi connectivity index (χ2n) is 3.27. The van der Waals surface area contributed by atoms with Gasteiger partial charge in [-0.3, -0.25) is 0 Å². The van der Waals surface area contributed by atoms with Gasteiger partial charge in [-0.1, -0.05) is 6.92 Å². The zero-order chi connectivity index (χ0) is 12.9. The van der Waals surface area contributed by atoms with Gasteiger partial charge in [0, 0.05) is 16.8 Å². The summed E-state index contributed by atoms with van der Waals surface area (Å²) in [5, 5.41) is 4.50. The highest BCUT2D eigenvalue weighted by atomic mass is 32.2. The Morgan fingerprint density at radius 3 is 2.76 bits per heavy atom. The van der Waals surface area contributed by atoms with Gasteiger partial charge < -0.3 is 5.32 Å². The van der Waals surface area contributed by atoms with E-state index in [4.69, 9.17) is 0 Å². The first-order chi connectivity index (χ1) is 7.95. The van der Waals surface area contributed by atoms with Crippen LogP contribution in [0.3, 0.4) is 0 Å². The van der Waals surface area contributed by atoms with Gasteiger partial charge in [-0.15, -0.1) is 11.3 Å². The normalized spacial score (nSPS) is 12.2. The van der Waals surface area contributed by atoms with Crippen LogP contribution in [-0.4, -0.2) is 27.9 Å². The van der Waals surface area contributed by atoms with Gasteiger partial charge in [0.15, 0.2) is 0 Å². The molecule has 0 radical (unpaired) electrons. The van der Waals surface area contributed by atoms with Crippen molar-refractivity contribution < 1.29 is 17.2 Å². The van der Waals surface area contributed by atoms with E-state index in [0.717, 1.165) is 11.4 Å². The monoisotopic (exact) mass is 284 g/mol. The van der Waals surface area contributed by atoms with E-state index in [-0.39, 0.29) is 4.90 Å². The minimum Gasteiger partial charge on any atom is -0.312 e. The summed E-state index contributed by atoms with van der Waals surface area (Å²) in [6, 6.07) is 1.49. The summed E-state index contributed by atoms with van der Waals surface area (Å²) in [6.07, 6.45) is -2.69. The van der Waals surface area contributed by atoms with Crippen molar-refractivity contribution in [3.63, 3.8) is 0 Å². The van der Waals surface area contributed by atoms with Crippen LogP contribution in [-0.2, 0) is 16.6 Å². The highest BCUT2D eigenvalue weighted by Crippen LogP contribution is 2.19. The molecule has 0 bridgehead atoms. The van der Waals surface area contributed by atoms with Crippen LogP contribution in [0.25, 0.3) is 0 Å². The molecule has 0 aromatic carbocycles. The van der Waals surface area contributed by atoms with Gasteiger partial charge in [-0.2, -0.15) is 0 Å². The number of sulfonamides is 1. The van der Waals surface area contributed by atoms with E-state index in [1.807, 2.05) is 11.6 Å². The molecule has 98 valence electrons. The molecule has 17 heavy (non-hydrogen) atoms. The molecule has 0 spiro atoms. The van der Waals surface area contributed by atoms with Crippen molar-refractivity contribution in [3.05, 3.63) is 16.3 Å². The third kappa shape index (κ3) is 4.66. The van der Waals surface area contributed by atoms with Crippen molar-refractivity contribution >= 4 is 21.4 Å². The molecule has 8 heteroatoms. The van der Waals surface area contributed by atoms with Crippen LogP contribution in [0.5, 0.6) is 0 Å². The smallest absolute Gasteiger partial charge is 0.251 e. The molecule has 0 atom stereocenters. The van der Waals surface area contributed by atoms with Crippen LogP contribution in [0, 0.1) is 0 Å². The number of nitrogens with one attached hydrogen (secondary N) is 2. The molecule has 0 saturated heterocycles. The zero-order valence-corrected chi connectivity index (χ0v) is 10.9. The molecule has 0 fully saturated rings. The first-order valence-corrected chi connectivity index (χ1v) is 7.38. The van der Waals surface area contributed by atoms with Gasteiger partial charge in [-0.25, -0.2) is 21.9 Å². The second-order valence-corrected chi connectivity index (χ2v) is 6.03. The summed E-state index contributed by atoms with van der Waals surface area (Å²) in [5.41, 5.74) is 0. The average molecular weight is 284 g/mol. The molecule has 0 amide bonds. The molecule has 0 aliphatic heterocycles. The molecular weight excluding hydrogens is 270 g/mol. The summed E-state index contributed by atoms with van der Waals surface area (Å²) in [6.45, 7) is 2.44. The van der Waals surface area contributed by atoms with Crippen LogP contribution < -0.4 is 10.0 Å². The fraction of sp³-hybridized carbons (Fsp3) is 0.556. The molecule has 1 heterocycles. The number of alkyl halides is 2.